The summed E-state index contributed by atoms with van der Waals surface area (Å²) in [4.78, 5) is 11.8. The zero-order valence-corrected chi connectivity index (χ0v) is 14.5. The van der Waals surface area contributed by atoms with Crippen molar-refractivity contribution < 1.29 is 13.9 Å². The molecular formula is C19H18BrFO2. The predicted molar refractivity (Wildman–Crippen MR) is 93.5 cm³/mol. The molecule has 0 aromatic heterocycles. The highest BCUT2D eigenvalue weighted by molar-refractivity contribution is 9.10. The van der Waals surface area contributed by atoms with Crippen LogP contribution in [0.15, 0.2) is 59.1 Å². The molecule has 0 amide bonds. The van der Waals surface area contributed by atoms with Crippen molar-refractivity contribution in [3.63, 3.8) is 0 Å². The number of hydrogen-bond donors (Lipinski definition) is 0. The molecule has 0 saturated carbocycles. The van der Waals surface area contributed by atoms with Crippen LogP contribution in [0.1, 0.15) is 24.5 Å². The third-order valence-electron chi connectivity index (χ3n) is 3.40. The van der Waals surface area contributed by atoms with Crippen molar-refractivity contribution in [3.05, 3.63) is 76.0 Å². The number of rotatable bonds is 6. The first-order chi connectivity index (χ1) is 11.1. The highest BCUT2D eigenvalue weighted by Gasteiger charge is 2.09. The molecule has 2 aromatic carbocycles. The van der Waals surface area contributed by atoms with Crippen molar-refractivity contribution >= 4 is 27.5 Å². The first-order valence-corrected chi connectivity index (χ1v) is 8.26. The van der Waals surface area contributed by atoms with Gasteiger partial charge in [-0.3, -0.25) is 0 Å². The molecule has 0 aliphatic carbocycles. The summed E-state index contributed by atoms with van der Waals surface area (Å²) in [5.41, 5.74) is 2.41. The molecule has 0 radical (unpaired) electrons. The van der Waals surface area contributed by atoms with E-state index in [2.05, 4.69) is 15.9 Å². The first kappa shape index (κ1) is 17.4. The summed E-state index contributed by atoms with van der Waals surface area (Å²) in [7, 11) is 0. The van der Waals surface area contributed by atoms with Crippen LogP contribution >= 0.6 is 15.9 Å². The highest BCUT2D eigenvalue weighted by atomic mass is 79.9. The van der Waals surface area contributed by atoms with E-state index in [1.165, 1.54) is 12.1 Å². The second-order valence-electron chi connectivity index (χ2n) is 5.02. The van der Waals surface area contributed by atoms with Gasteiger partial charge in [0.05, 0.1) is 6.61 Å². The number of halogens is 2. The van der Waals surface area contributed by atoms with E-state index in [4.69, 9.17) is 4.74 Å². The number of benzene rings is 2. The lowest BCUT2D eigenvalue weighted by Gasteiger charge is -2.09. The van der Waals surface area contributed by atoms with Gasteiger partial charge in [-0.2, -0.15) is 0 Å². The fourth-order valence-electron chi connectivity index (χ4n) is 2.27. The predicted octanol–water partition coefficient (Wildman–Crippen LogP) is 5.17. The van der Waals surface area contributed by atoms with Crippen LogP contribution < -0.4 is 0 Å². The summed E-state index contributed by atoms with van der Waals surface area (Å²) in [5, 5.41) is 0. The summed E-state index contributed by atoms with van der Waals surface area (Å²) < 4.78 is 19.6. The maximum absolute atomic E-state index is 13.9. The summed E-state index contributed by atoms with van der Waals surface area (Å²) >= 11 is 3.25. The van der Waals surface area contributed by atoms with Gasteiger partial charge in [0, 0.05) is 10.5 Å². The lowest BCUT2D eigenvalue weighted by molar-refractivity contribution is -0.137. The standard InChI is InChI=1S/C19H18BrFO2/c1-2-23-19(22)12-16(14-6-4-3-5-7-14)9-8-15-10-11-17(20)13-18(15)21/h3-7,10-13H,2,8-9H2,1H3/b16-12-. The Kier molecular flexibility index (Phi) is 6.53. The number of carbonyl (C=O) groups is 1. The van der Waals surface area contributed by atoms with Crippen molar-refractivity contribution in [2.75, 3.05) is 6.61 Å². The van der Waals surface area contributed by atoms with E-state index in [9.17, 15) is 9.18 Å². The molecule has 0 aliphatic heterocycles. The first-order valence-electron chi connectivity index (χ1n) is 7.47. The number of hydrogen-bond acceptors (Lipinski definition) is 2. The summed E-state index contributed by atoms with van der Waals surface area (Å²) in [6, 6.07) is 14.6. The van der Waals surface area contributed by atoms with Crippen molar-refractivity contribution in [1.29, 1.82) is 0 Å². The molecule has 0 N–H and O–H groups in total. The van der Waals surface area contributed by atoms with E-state index in [0.717, 1.165) is 11.1 Å². The third kappa shape index (κ3) is 5.32. The molecule has 0 spiro atoms. The highest BCUT2D eigenvalue weighted by Crippen LogP contribution is 2.23. The average molecular weight is 377 g/mol. The Morgan fingerprint density at radius 1 is 1.22 bits per heavy atom. The number of aryl methyl sites for hydroxylation is 1. The minimum absolute atomic E-state index is 0.247. The van der Waals surface area contributed by atoms with Gasteiger partial charge in [-0.05, 0) is 48.6 Å². The lowest BCUT2D eigenvalue weighted by Crippen LogP contribution is -2.02. The van der Waals surface area contributed by atoms with Crippen LogP contribution in [0, 0.1) is 5.82 Å². The molecule has 2 aromatic rings. The van der Waals surface area contributed by atoms with Gasteiger partial charge in [0.1, 0.15) is 5.82 Å². The molecular weight excluding hydrogens is 359 g/mol. The smallest absolute Gasteiger partial charge is 0.331 e. The van der Waals surface area contributed by atoms with Crippen molar-refractivity contribution in [2.45, 2.75) is 19.8 Å². The molecule has 0 saturated heterocycles. The SMILES string of the molecule is CCOC(=O)/C=C(/CCc1ccc(Br)cc1F)c1ccccc1. The Balaban J connectivity index is 2.19. The van der Waals surface area contributed by atoms with Crippen LogP contribution in [0.25, 0.3) is 5.57 Å². The minimum atomic E-state index is -0.373. The molecule has 4 heteroatoms. The molecule has 0 aliphatic rings. The quantitative estimate of drug-likeness (QED) is 0.513. The van der Waals surface area contributed by atoms with E-state index in [1.54, 1.807) is 13.0 Å². The van der Waals surface area contributed by atoms with Crippen LogP contribution in [0.3, 0.4) is 0 Å². The van der Waals surface area contributed by atoms with Crippen LogP contribution in [0.2, 0.25) is 0 Å². The number of esters is 1. The zero-order chi connectivity index (χ0) is 16.7. The topological polar surface area (TPSA) is 26.3 Å². The summed E-state index contributed by atoms with van der Waals surface area (Å²) in [5.74, 6) is -0.620. The monoisotopic (exact) mass is 376 g/mol. The van der Waals surface area contributed by atoms with Crippen molar-refractivity contribution in [3.8, 4) is 0 Å². The van der Waals surface area contributed by atoms with E-state index >= 15 is 0 Å². The van der Waals surface area contributed by atoms with Gasteiger partial charge in [-0.25, -0.2) is 9.18 Å². The molecule has 2 rings (SSSR count). The molecule has 23 heavy (non-hydrogen) atoms. The van der Waals surface area contributed by atoms with Crippen molar-refractivity contribution in [2.24, 2.45) is 0 Å². The largest absolute Gasteiger partial charge is 0.463 e. The Hall–Kier alpha value is -1.94. The molecule has 0 heterocycles. The maximum atomic E-state index is 13.9. The fraction of sp³-hybridized carbons (Fsp3) is 0.211. The van der Waals surface area contributed by atoms with Crippen molar-refractivity contribution in [1.82, 2.24) is 0 Å². The Morgan fingerprint density at radius 2 is 1.96 bits per heavy atom. The van der Waals surface area contributed by atoms with Gasteiger partial charge in [0.15, 0.2) is 0 Å². The summed E-state index contributed by atoms with van der Waals surface area (Å²) in [6.45, 7) is 2.10. The molecule has 0 atom stereocenters. The molecule has 0 fully saturated rings. The number of ether oxygens (including phenoxy) is 1. The van der Waals surface area contributed by atoms with Gasteiger partial charge < -0.3 is 4.74 Å². The Bertz CT molecular complexity index is 696. The van der Waals surface area contributed by atoms with Crippen LogP contribution in [0.5, 0.6) is 0 Å². The van der Waals surface area contributed by atoms with E-state index in [-0.39, 0.29) is 11.8 Å². The fourth-order valence-corrected chi connectivity index (χ4v) is 2.61. The average Bonchev–Trinajstić information content (AvgIpc) is 2.54. The van der Waals surface area contributed by atoms with Crippen LogP contribution in [-0.4, -0.2) is 12.6 Å². The van der Waals surface area contributed by atoms with Crippen LogP contribution in [0.4, 0.5) is 4.39 Å². The molecule has 0 unspecified atom stereocenters. The van der Waals surface area contributed by atoms with Gasteiger partial charge in [0.2, 0.25) is 0 Å². The van der Waals surface area contributed by atoms with E-state index in [1.807, 2.05) is 36.4 Å². The van der Waals surface area contributed by atoms with E-state index < -0.39 is 0 Å². The van der Waals surface area contributed by atoms with Gasteiger partial charge in [-0.15, -0.1) is 0 Å². The van der Waals surface area contributed by atoms with Gasteiger partial charge in [-0.1, -0.05) is 52.3 Å². The number of allylic oxidation sites excluding steroid dienone is 1. The lowest BCUT2D eigenvalue weighted by atomic mass is 9.98. The molecule has 0 bridgehead atoms. The Labute approximate surface area is 144 Å². The van der Waals surface area contributed by atoms with Gasteiger partial charge >= 0.3 is 5.97 Å². The normalized spacial score (nSPS) is 11.3. The second kappa shape index (κ2) is 8.63. The minimum Gasteiger partial charge on any atom is -0.463 e. The third-order valence-corrected chi connectivity index (χ3v) is 3.90. The number of carbonyl (C=O) groups excluding carboxylic acids is 1. The zero-order valence-electron chi connectivity index (χ0n) is 12.9. The Morgan fingerprint density at radius 3 is 2.61 bits per heavy atom. The van der Waals surface area contributed by atoms with E-state index in [0.29, 0.717) is 29.5 Å². The second-order valence-corrected chi connectivity index (χ2v) is 5.94. The summed E-state index contributed by atoms with van der Waals surface area (Å²) in [6.07, 6.45) is 2.57. The maximum Gasteiger partial charge on any atom is 0.331 e. The van der Waals surface area contributed by atoms with Gasteiger partial charge in [0.25, 0.3) is 0 Å². The molecule has 2 nitrogen and oxygen atoms in total. The molecule has 120 valence electrons. The van der Waals surface area contributed by atoms with Crippen LogP contribution in [-0.2, 0) is 16.0 Å².